The molecule has 2 heterocycles. The number of carbonyl (C=O) groups excluding carboxylic acids is 1. The van der Waals surface area contributed by atoms with E-state index in [0.29, 0.717) is 29.3 Å². The van der Waals surface area contributed by atoms with E-state index in [1.165, 1.54) is 0 Å². The van der Waals surface area contributed by atoms with E-state index in [9.17, 15) is 4.79 Å². The number of benzene rings is 1. The Hall–Kier alpha value is -3.06. The highest BCUT2D eigenvalue weighted by Gasteiger charge is 2.17. The second-order valence-corrected chi connectivity index (χ2v) is 7.01. The summed E-state index contributed by atoms with van der Waals surface area (Å²) in [6.45, 7) is 7.78. The van der Waals surface area contributed by atoms with Crippen molar-refractivity contribution in [1.82, 2.24) is 9.88 Å². The molecule has 0 radical (unpaired) electrons. The van der Waals surface area contributed by atoms with Crippen molar-refractivity contribution in [3.63, 3.8) is 0 Å². The number of carbonyl (C=O) groups is 1. The fourth-order valence-electron chi connectivity index (χ4n) is 3.38. The van der Waals surface area contributed by atoms with Gasteiger partial charge in [-0.2, -0.15) is 0 Å². The summed E-state index contributed by atoms with van der Waals surface area (Å²) in [5.41, 5.74) is 2.38. The Kier molecular flexibility index (Phi) is 6.72. The van der Waals surface area contributed by atoms with Crippen molar-refractivity contribution < 1.29 is 14.3 Å². The number of piperazine rings is 1. The molecule has 0 spiro atoms. The largest absolute Gasteiger partial charge is 0.493 e. The monoisotopic (exact) mass is 396 g/mol. The van der Waals surface area contributed by atoms with Gasteiger partial charge in [-0.05, 0) is 37.7 Å². The molecule has 2 aromatic rings. The van der Waals surface area contributed by atoms with Crippen molar-refractivity contribution >= 4 is 17.4 Å². The van der Waals surface area contributed by atoms with E-state index in [1.807, 2.05) is 12.1 Å². The van der Waals surface area contributed by atoms with Gasteiger partial charge in [0, 0.05) is 37.3 Å². The molecule has 7 nitrogen and oxygen atoms in total. The molecule has 1 aromatic heterocycles. The van der Waals surface area contributed by atoms with Crippen LogP contribution in [0.1, 0.15) is 15.9 Å². The number of allylic oxidation sites excluding steroid dienone is 1. The van der Waals surface area contributed by atoms with E-state index >= 15 is 0 Å². The molecule has 29 heavy (non-hydrogen) atoms. The molecule has 0 unspecified atom stereocenters. The lowest BCUT2D eigenvalue weighted by Gasteiger charge is -2.33. The minimum absolute atomic E-state index is 0.254. The molecule has 0 atom stereocenters. The van der Waals surface area contributed by atoms with Gasteiger partial charge in [0.2, 0.25) is 0 Å². The van der Waals surface area contributed by atoms with Crippen molar-refractivity contribution in [3.05, 3.63) is 54.2 Å². The first-order valence-electron chi connectivity index (χ1n) is 9.62. The van der Waals surface area contributed by atoms with E-state index in [-0.39, 0.29) is 5.91 Å². The normalized spacial score (nSPS) is 14.4. The number of pyridine rings is 1. The number of likely N-dealkylation sites (N-methyl/N-ethyl adjacent to an activating group) is 1. The Bertz CT molecular complexity index is 859. The van der Waals surface area contributed by atoms with Gasteiger partial charge in [0.25, 0.3) is 5.91 Å². The zero-order valence-electron chi connectivity index (χ0n) is 17.3. The quantitative estimate of drug-likeness (QED) is 0.726. The Morgan fingerprint density at radius 2 is 1.97 bits per heavy atom. The highest BCUT2D eigenvalue weighted by molar-refractivity contribution is 6.04. The fourth-order valence-corrected chi connectivity index (χ4v) is 3.38. The molecule has 0 saturated carbocycles. The summed E-state index contributed by atoms with van der Waals surface area (Å²) in [4.78, 5) is 21.8. The summed E-state index contributed by atoms with van der Waals surface area (Å²) in [6.07, 6.45) is 4.13. The van der Waals surface area contributed by atoms with Crippen LogP contribution in [0.25, 0.3) is 0 Å². The molecule has 3 rings (SSSR count). The van der Waals surface area contributed by atoms with Crippen LogP contribution in [0.2, 0.25) is 0 Å². The van der Waals surface area contributed by atoms with E-state index in [1.54, 1.807) is 38.6 Å². The molecule has 154 valence electrons. The Morgan fingerprint density at radius 3 is 2.55 bits per heavy atom. The van der Waals surface area contributed by atoms with Gasteiger partial charge in [-0.25, -0.2) is 4.98 Å². The third-order valence-corrected chi connectivity index (χ3v) is 5.04. The molecule has 1 amide bonds. The average molecular weight is 396 g/mol. The van der Waals surface area contributed by atoms with Gasteiger partial charge in [0.15, 0.2) is 11.5 Å². The first-order chi connectivity index (χ1) is 14.0. The molecule has 1 saturated heterocycles. The number of rotatable bonds is 7. The van der Waals surface area contributed by atoms with E-state index in [4.69, 9.17) is 9.47 Å². The third-order valence-electron chi connectivity index (χ3n) is 5.04. The second-order valence-electron chi connectivity index (χ2n) is 7.01. The van der Waals surface area contributed by atoms with Crippen LogP contribution in [0.3, 0.4) is 0 Å². The molecule has 1 aliphatic rings. The molecule has 1 N–H and O–H groups in total. The summed E-state index contributed by atoms with van der Waals surface area (Å²) in [5, 5.41) is 2.85. The van der Waals surface area contributed by atoms with Gasteiger partial charge in [0.05, 0.1) is 26.1 Å². The lowest BCUT2D eigenvalue weighted by Crippen LogP contribution is -2.44. The maximum atomic E-state index is 12.8. The molecule has 1 aromatic carbocycles. The van der Waals surface area contributed by atoms with E-state index in [0.717, 1.165) is 37.4 Å². The zero-order chi connectivity index (χ0) is 20.8. The van der Waals surface area contributed by atoms with Crippen LogP contribution < -0.4 is 19.7 Å². The maximum Gasteiger partial charge on any atom is 0.256 e. The summed E-state index contributed by atoms with van der Waals surface area (Å²) in [6, 6.07) is 7.28. The number of ether oxygens (including phenoxy) is 2. The number of aromatic nitrogens is 1. The summed E-state index contributed by atoms with van der Waals surface area (Å²) < 4.78 is 10.8. The predicted octanol–water partition coefficient (Wildman–Crippen LogP) is 2.83. The summed E-state index contributed by atoms with van der Waals surface area (Å²) in [5.74, 6) is 1.37. The molecule has 0 aliphatic carbocycles. The topological polar surface area (TPSA) is 66.9 Å². The lowest BCUT2D eigenvalue weighted by molar-refractivity contribution is 0.102. The van der Waals surface area contributed by atoms with Gasteiger partial charge in [-0.1, -0.05) is 6.08 Å². The number of nitrogens with one attached hydrogen (secondary N) is 1. The van der Waals surface area contributed by atoms with Crippen LogP contribution in [0, 0.1) is 0 Å². The van der Waals surface area contributed by atoms with Crippen LogP contribution in [-0.4, -0.2) is 63.2 Å². The minimum atomic E-state index is -0.254. The number of nitrogens with zero attached hydrogens (tertiary/aromatic N) is 3. The number of amides is 1. The predicted molar refractivity (Wildman–Crippen MR) is 115 cm³/mol. The van der Waals surface area contributed by atoms with Crippen LogP contribution in [-0.2, 0) is 6.42 Å². The van der Waals surface area contributed by atoms with Crippen LogP contribution in [0.4, 0.5) is 11.5 Å². The SMILES string of the molecule is C=CCc1cc(C(=O)Nc2ccc(N3CCN(C)CC3)cn2)cc(OC)c1OC. The Morgan fingerprint density at radius 1 is 1.21 bits per heavy atom. The van der Waals surface area contributed by atoms with E-state index in [2.05, 4.69) is 33.7 Å². The minimum Gasteiger partial charge on any atom is -0.493 e. The number of methoxy groups -OCH3 is 2. The highest BCUT2D eigenvalue weighted by atomic mass is 16.5. The van der Waals surface area contributed by atoms with Crippen molar-refractivity contribution in [2.24, 2.45) is 0 Å². The third kappa shape index (κ3) is 4.86. The zero-order valence-corrected chi connectivity index (χ0v) is 17.3. The standard InChI is InChI=1S/C22H28N4O3/c1-5-6-16-13-17(14-19(28-3)21(16)29-4)22(27)24-20-8-7-18(15-23-20)26-11-9-25(2)10-12-26/h5,7-8,13-15H,1,6,9-12H2,2-4H3,(H,23,24,27). The molecular weight excluding hydrogens is 368 g/mol. The Labute approximate surface area is 171 Å². The summed E-state index contributed by atoms with van der Waals surface area (Å²) >= 11 is 0. The first-order valence-corrected chi connectivity index (χ1v) is 9.62. The fraction of sp³-hybridized carbons (Fsp3) is 0.364. The molecule has 0 bridgehead atoms. The molecule has 7 heteroatoms. The van der Waals surface area contributed by atoms with Gasteiger partial charge in [-0.15, -0.1) is 6.58 Å². The summed E-state index contributed by atoms with van der Waals surface area (Å²) in [7, 11) is 5.26. The molecular formula is C22H28N4O3. The molecule has 1 fully saturated rings. The van der Waals surface area contributed by atoms with Crippen LogP contribution in [0.15, 0.2) is 43.1 Å². The van der Waals surface area contributed by atoms with Gasteiger partial charge in [-0.3, -0.25) is 4.79 Å². The second kappa shape index (κ2) is 9.43. The van der Waals surface area contributed by atoms with Crippen molar-refractivity contribution in [2.75, 3.05) is 57.7 Å². The number of hydrogen-bond donors (Lipinski definition) is 1. The van der Waals surface area contributed by atoms with E-state index < -0.39 is 0 Å². The van der Waals surface area contributed by atoms with Gasteiger partial charge >= 0.3 is 0 Å². The van der Waals surface area contributed by atoms with Crippen LogP contribution in [0.5, 0.6) is 11.5 Å². The van der Waals surface area contributed by atoms with Gasteiger partial charge in [0.1, 0.15) is 5.82 Å². The van der Waals surface area contributed by atoms with Crippen molar-refractivity contribution in [1.29, 1.82) is 0 Å². The van der Waals surface area contributed by atoms with Crippen molar-refractivity contribution in [2.45, 2.75) is 6.42 Å². The Balaban J connectivity index is 1.74. The lowest BCUT2D eigenvalue weighted by atomic mass is 10.0. The average Bonchev–Trinajstić information content (AvgIpc) is 2.74. The highest BCUT2D eigenvalue weighted by Crippen LogP contribution is 2.33. The number of hydrogen-bond acceptors (Lipinski definition) is 6. The van der Waals surface area contributed by atoms with Crippen molar-refractivity contribution in [3.8, 4) is 11.5 Å². The maximum absolute atomic E-state index is 12.8. The number of anilines is 2. The smallest absolute Gasteiger partial charge is 0.256 e. The van der Waals surface area contributed by atoms with Crippen LogP contribution >= 0.6 is 0 Å². The molecule has 1 aliphatic heterocycles. The first kappa shape index (κ1) is 20.7. The van der Waals surface area contributed by atoms with Gasteiger partial charge < -0.3 is 24.6 Å².